The van der Waals surface area contributed by atoms with E-state index in [1.54, 1.807) is 7.11 Å². The minimum absolute atomic E-state index is 0.156. The zero-order chi connectivity index (χ0) is 13.1. The highest BCUT2D eigenvalue weighted by atomic mass is 16.5. The van der Waals surface area contributed by atoms with Crippen molar-refractivity contribution in [3.05, 3.63) is 47.3 Å². The largest absolute Gasteiger partial charge is 0.496 e. The third kappa shape index (κ3) is 2.38. The van der Waals surface area contributed by atoms with Gasteiger partial charge >= 0.3 is 0 Å². The van der Waals surface area contributed by atoms with Crippen molar-refractivity contribution in [3.8, 4) is 5.75 Å². The second-order valence-electron chi connectivity index (χ2n) is 4.40. The molecular formula is C14H19N3O. The van der Waals surface area contributed by atoms with Gasteiger partial charge in [-0.2, -0.15) is 5.10 Å². The molecule has 0 saturated heterocycles. The number of benzene rings is 1. The monoisotopic (exact) mass is 245 g/mol. The second-order valence-corrected chi connectivity index (χ2v) is 4.40. The summed E-state index contributed by atoms with van der Waals surface area (Å²) < 4.78 is 7.10. The van der Waals surface area contributed by atoms with Crippen LogP contribution in [0.3, 0.4) is 0 Å². The highest BCUT2D eigenvalue weighted by Crippen LogP contribution is 2.26. The number of methoxy groups -OCH3 is 1. The number of aryl methyl sites for hydroxylation is 2. The van der Waals surface area contributed by atoms with Crippen molar-refractivity contribution >= 4 is 0 Å². The molecule has 1 heterocycles. The molecule has 1 aromatic carbocycles. The fraction of sp³-hybridized carbons (Fsp3) is 0.357. The summed E-state index contributed by atoms with van der Waals surface area (Å²) in [6, 6.07) is 6.39. The molecule has 0 aliphatic rings. The van der Waals surface area contributed by atoms with Crippen LogP contribution in [0.1, 0.15) is 22.7 Å². The quantitative estimate of drug-likeness (QED) is 0.896. The van der Waals surface area contributed by atoms with Crippen molar-refractivity contribution in [1.29, 1.82) is 0 Å². The van der Waals surface area contributed by atoms with E-state index in [9.17, 15) is 0 Å². The Kier molecular flexibility index (Phi) is 3.67. The highest BCUT2D eigenvalue weighted by Gasteiger charge is 2.14. The van der Waals surface area contributed by atoms with Gasteiger partial charge in [-0.25, -0.2) is 0 Å². The van der Waals surface area contributed by atoms with Gasteiger partial charge in [0.05, 0.1) is 19.3 Å². The molecule has 4 nitrogen and oxygen atoms in total. The SMILES string of the molecule is CNC(c1ccc(OC)c(C)c1)c1cnn(C)c1. The molecule has 1 aromatic heterocycles. The van der Waals surface area contributed by atoms with E-state index in [0.717, 1.165) is 16.9 Å². The van der Waals surface area contributed by atoms with Gasteiger partial charge in [0.25, 0.3) is 0 Å². The van der Waals surface area contributed by atoms with Gasteiger partial charge in [-0.3, -0.25) is 4.68 Å². The van der Waals surface area contributed by atoms with Crippen molar-refractivity contribution in [2.45, 2.75) is 13.0 Å². The smallest absolute Gasteiger partial charge is 0.121 e. The number of hydrogen-bond donors (Lipinski definition) is 1. The van der Waals surface area contributed by atoms with Crippen LogP contribution in [0, 0.1) is 6.92 Å². The molecule has 1 unspecified atom stereocenters. The van der Waals surface area contributed by atoms with Crippen LogP contribution < -0.4 is 10.1 Å². The number of nitrogens with one attached hydrogen (secondary N) is 1. The Hall–Kier alpha value is -1.81. The summed E-state index contributed by atoms with van der Waals surface area (Å²) in [4.78, 5) is 0. The number of rotatable bonds is 4. The molecule has 0 fully saturated rings. The van der Waals surface area contributed by atoms with Crippen molar-refractivity contribution in [2.75, 3.05) is 14.2 Å². The van der Waals surface area contributed by atoms with Gasteiger partial charge in [0.1, 0.15) is 5.75 Å². The number of ether oxygens (including phenoxy) is 1. The minimum Gasteiger partial charge on any atom is -0.496 e. The summed E-state index contributed by atoms with van der Waals surface area (Å²) >= 11 is 0. The van der Waals surface area contributed by atoms with Gasteiger partial charge < -0.3 is 10.1 Å². The Labute approximate surface area is 108 Å². The van der Waals surface area contributed by atoms with Crippen LogP contribution in [-0.2, 0) is 7.05 Å². The fourth-order valence-electron chi connectivity index (χ4n) is 2.20. The number of aromatic nitrogens is 2. The summed E-state index contributed by atoms with van der Waals surface area (Å²) in [5.74, 6) is 0.916. The summed E-state index contributed by atoms with van der Waals surface area (Å²) in [5.41, 5.74) is 3.51. The normalized spacial score (nSPS) is 12.4. The zero-order valence-corrected chi connectivity index (χ0v) is 11.3. The van der Waals surface area contributed by atoms with E-state index in [1.807, 2.05) is 37.2 Å². The molecule has 0 aliphatic carbocycles. The van der Waals surface area contributed by atoms with Crippen LogP contribution >= 0.6 is 0 Å². The molecule has 2 aromatic rings. The standard InChI is InChI=1S/C14H19N3O/c1-10-7-11(5-6-13(10)18-4)14(15-2)12-8-16-17(3)9-12/h5-9,14-15H,1-4H3. The van der Waals surface area contributed by atoms with Crippen molar-refractivity contribution in [2.24, 2.45) is 7.05 Å². The van der Waals surface area contributed by atoms with Crippen LogP contribution in [0.5, 0.6) is 5.75 Å². The second kappa shape index (κ2) is 5.23. The number of hydrogen-bond acceptors (Lipinski definition) is 3. The molecule has 0 radical (unpaired) electrons. The average molecular weight is 245 g/mol. The van der Waals surface area contributed by atoms with Gasteiger partial charge in [-0.05, 0) is 31.2 Å². The van der Waals surface area contributed by atoms with Gasteiger partial charge in [-0.15, -0.1) is 0 Å². The first-order chi connectivity index (χ1) is 8.65. The Balaban J connectivity index is 2.36. The predicted octanol–water partition coefficient (Wildman–Crippen LogP) is 2.05. The van der Waals surface area contributed by atoms with Crippen LogP contribution in [0.2, 0.25) is 0 Å². The first-order valence-corrected chi connectivity index (χ1v) is 5.96. The van der Waals surface area contributed by atoms with Crippen LogP contribution in [-0.4, -0.2) is 23.9 Å². The molecule has 96 valence electrons. The Morgan fingerprint density at radius 3 is 2.61 bits per heavy atom. The molecular weight excluding hydrogens is 226 g/mol. The summed E-state index contributed by atoms with van der Waals surface area (Å²) in [6.45, 7) is 2.05. The summed E-state index contributed by atoms with van der Waals surface area (Å²) in [6.07, 6.45) is 3.92. The van der Waals surface area contributed by atoms with Gasteiger partial charge in [0.15, 0.2) is 0 Å². The van der Waals surface area contributed by atoms with E-state index in [1.165, 1.54) is 5.56 Å². The molecule has 0 saturated carbocycles. The van der Waals surface area contributed by atoms with E-state index >= 15 is 0 Å². The lowest BCUT2D eigenvalue weighted by molar-refractivity contribution is 0.411. The maximum Gasteiger partial charge on any atom is 0.121 e. The third-order valence-electron chi connectivity index (χ3n) is 3.10. The van der Waals surface area contributed by atoms with E-state index in [2.05, 4.69) is 29.5 Å². The molecule has 0 spiro atoms. The third-order valence-corrected chi connectivity index (χ3v) is 3.10. The van der Waals surface area contributed by atoms with Crippen molar-refractivity contribution < 1.29 is 4.74 Å². The molecule has 0 bridgehead atoms. The lowest BCUT2D eigenvalue weighted by atomic mass is 9.99. The van der Waals surface area contributed by atoms with E-state index in [4.69, 9.17) is 4.74 Å². The zero-order valence-electron chi connectivity index (χ0n) is 11.3. The molecule has 2 rings (SSSR count). The van der Waals surface area contributed by atoms with Gasteiger partial charge in [0, 0.05) is 18.8 Å². The lowest BCUT2D eigenvalue weighted by Gasteiger charge is -2.16. The molecule has 1 N–H and O–H groups in total. The summed E-state index contributed by atoms with van der Waals surface area (Å²) in [5, 5.41) is 7.54. The topological polar surface area (TPSA) is 39.1 Å². The van der Waals surface area contributed by atoms with Gasteiger partial charge in [-0.1, -0.05) is 12.1 Å². The first-order valence-electron chi connectivity index (χ1n) is 5.96. The molecule has 18 heavy (non-hydrogen) atoms. The molecule has 0 aliphatic heterocycles. The molecule has 0 amide bonds. The number of nitrogens with zero attached hydrogens (tertiary/aromatic N) is 2. The molecule has 1 atom stereocenters. The van der Waals surface area contributed by atoms with Crippen LogP contribution in [0.25, 0.3) is 0 Å². The van der Waals surface area contributed by atoms with Crippen molar-refractivity contribution in [3.63, 3.8) is 0 Å². The Morgan fingerprint density at radius 2 is 2.11 bits per heavy atom. The van der Waals surface area contributed by atoms with Crippen molar-refractivity contribution in [1.82, 2.24) is 15.1 Å². The van der Waals surface area contributed by atoms with E-state index in [0.29, 0.717) is 0 Å². The van der Waals surface area contributed by atoms with Gasteiger partial charge in [0.2, 0.25) is 0 Å². The Bertz CT molecular complexity index is 534. The maximum atomic E-state index is 5.29. The van der Waals surface area contributed by atoms with E-state index in [-0.39, 0.29) is 6.04 Å². The highest BCUT2D eigenvalue weighted by molar-refractivity contribution is 5.40. The van der Waals surface area contributed by atoms with E-state index < -0.39 is 0 Å². The van der Waals surface area contributed by atoms with Crippen LogP contribution in [0.15, 0.2) is 30.6 Å². The molecule has 4 heteroatoms. The minimum atomic E-state index is 0.156. The summed E-state index contributed by atoms with van der Waals surface area (Å²) in [7, 11) is 5.57. The predicted molar refractivity (Wildman–Crippen MR) is 71.8 cm³/mol. The first kappa shape index (κ1) is 12.6. The maximum absolute atomic E-state index is 5.29. The Morgan fingerprint density at radius 1 is 1.33 bits per heavy atom. The fourth-order valence-corrected chi connectivity index (χ4v) is 2.20. The lowest BCUT2D eigenvalue weighted by Crippen LogP contribution is -2.17. The van der Waals surface area contributed by atoms with Crippen LogP contribution in [0.4, 0.5) is 0 Å². The average Bonchev–Trinajstić information content (AvgIpc) is 2.77.